The van der Waals surface area contributed by atoms with Crippen LogP contribution in [0.15, 0.2) is 42.8 Å². The van der Waals surface area contributed by atoms with E-state index in [4.69, 9.17) is 10.7 Å². The smallest absolute Gasteiger partial charge is 0.165 e. The van der Waals surface area contributed by atoms with Gasteiger partial charge in [-0.05, 0) is 37.8 Å². The molecule has 0 amide bonds. The highest BCUT2D eigenvalue weighted by Gasteiger charge is 2.30. The van der Waals surface area contributed by atoms with E-state index in [0.717, 1.165) is 28.8 Å². The van der Waals surface area contributed by atoms with E-state index in [9.17, 15) is 13.2 Å². The number of nitrogen functional groups attached to an aromatic ring is 1. The molecule has 0 bridgehead atoms. The minimum absolute atomic E-state index is 0.0869. The minimum atomic E-state index is -3.04. The van der Waals surface area contributed by atoms with Crippen molar-refractivity contribution in [2.45, 2.75) is 32.1 Å². The number of anilines is 1. The van der Waals surface area contributed by atoms with Gasteiger partial charge in [-0.3, -0.25) is 9.78 Å². The lowest BCUT2D eigenvalue weighted by molar-refractivity contribution is 0.101. The maximum absolute atomic E-state index is 12.4. The molecular weight excluding hydrogens is 426 g/mol. The number of rotatable bonds is 4. The van der Waals surface area contributed by atoms with Gasteiger partial charge in [-0.1, -0.05) is 24.3 Å². The molecule has 3 aromatic heterocycles. The monoisotopic (exact) mass is 449 g/mol. The number of pyridine rings is 1. The highest BCUT2D eigenvalue weighted by Crippen LogP contribution is 2.35. The molecule has 9 heteroatoms. The van der Waals surface area contributed by atoms with Crippen LogP contribution in [-0.4, -0.2) is 45.3 Å². The lowest BCUT2D eigenvalue weighted by Gasteiger charge is -2.24. The fraction of sp³-hybridized carbons (Fsp3) is 0.304. The number of Topliss-reactive ketones (excluding diaryl/α,β-unsaturated/α-hetero) is 1. The average Bonchev–Trinajstić information content (AvgIpc) is 3.44. The Hall–Kier alpha value is -3.33. The number of ketones is 1. The van der Waals surface area contributed by atoms with Gasteiger partial charge in [0.05, 0.1) is 34.7 Å². The summed E-state index contributed by atoms with van der Waals surface area (Å²) in [6.45, 7) is 1.45. The molecule has 0 radical (unpaired) electrons. The molecule has 8 nitrogen and oxygen atoms in total. The maximum atomic E-state index is 12.4. The van der Waals surface area contributed by atoms with Gasteiger partial charge in [0.1, 0.15) is 15.7 Å². The summed E-state index contributed by atoms with van der Waals surface area (Å²) in [5.74, 6) is 0.0472. The molecule has 0 spiro atoms. The summed E-state index contributed by atoms with van der Waals surface area (Å²) in [6.07, 6.45) is 11.5. The first-order valence-electron chi connectivity index (χ1n) is 10.6. The van der Waals surface area contributed by atoms with Crippen LogP contribution in [0, 0.1) is 0 Å². The van der Waals surface area contributed by atoms with Gasteiger partial charge in [0.2, 0.25) is 0 Å². The lowest BCUT2D eigenvalue weighted by atomic mass is 9.93. The first-order valence-corrected chi connectivity index (χ1v) is 12.4. The Morgan fingerprint density at radius 2 is 1.97 bits per heavy atom. The van der Waals surface area contributed by atoms with Gasteiger partial charge >= 0.3 is 0 Å². The molecule has 0 aromatic carbocycles. The summed E-state index contributed by atoms with van der Waals surface area (Å²) in [5.41, 5.74) is 11.4. The van der Waals surface area contributed by atoms with Crippen LogP contribution < -0.4 is 5.73 Å². The molecule has 4 heterocycles. The Bertz CT molecular complexity index is 1390. The van der Waals surface area contributed by atoms with Crippen molar-refractivity contribution in [2.75, 3.05) is 17.2 Å². The van der Waals surface area contributed by atoms with Gasteiger partial charge in [-0.2, -0.15) is 9.61 Å². The van der Waals surface area contributed by atoms with Crippen LogP contribution >= 0.6 is 0 Å². The number of carbonyl (C=O) groups is 1. The molecule has 164 valence electrons. The van der Waals surface area contributed by atoms with Crippen LogP contribution in [0.2, 0.25) is 0 Å². The van der Waals surface area contributed by atoms with E-state index in [1.807, 2.05) is 12.1 Å². The molecule has 1 saturated heterocycles. The fourth-order valence-corrected chi connectivity index (χ4v) is 5.92. The highest BCUT2D eigenvalue weighted by atomic mass is 32.2. The number of fused-ring (bicyclic) bond motifs is 1. The molecule has 2 N–H and O–H groups in total. The predicted octanol–water partition coefficient (Wildman–Crippen LogP) is 3.21. The second-order valence-corrected chi connectivity index (χ2v) is 10.6. The fourth-order valence-electron chi connectivity index (χ4n) is 4.43. The lowest BCUT2D eigenvalue weighted by Crippen LogP contribution is -2.25. The van der Waals surface area contributed by atoms with E-state index >= 15 is 0 Å². The second kappa shape index (κ2) is 7.67. The number of hydrogen-bond acceptors (Lipinski definition) is 7. The third-order valence-corrected chi connectivity index (χ3v) is 7.86. The highest BCUT2D eigenvalue weighted by molar-refractivity contribution is 7.91. The van der Waals surface area contributed by atoms with Crippen LogP contribution in [-0.2, 0) is 9.84 Å². The zero-order valence-corrected chi connectivity index (χ0v) is 18.5. The summed E-state index contributed by atoms with van der Waals surface area (Å²) in [5, 5.41) is 4.38. The van der Waals surface area contributed by atoms with E-state index in [1.54, 1.807) is 12.4 Å². The Balaban J connectivity index is 1.61. The molecule has 3 aromatic rings. The first-order chi connectivity index (χ1) is 15.3. The van der Waals surface area contributed by atoms with Gasteiger partial charge in [-0.15, -0.1) is 0 Å². The van der Waals surface area contributed by atoms with Crippen LogP contribution in [0.1, 0.15) is 53.8 Å². The Morgan fingerprint density at radius 1 is 1.19 bits per heavy atom. The SMILES string of the molecule is CC(=O)c1c(C2CCS(=O)(=O)CC2)nc2c(-c3ccc(C4=CCC=C4)nc3)cnn2c1N. The number of nitrogens with two attached hydrogens (primary N) is 1. The molecule has 5 rings (SSSR count). The second-order valence-electron chi connectivity index (χ2n) is 8.26. The molecule has 1 aliphatic carbocycles. The standard InChI is InChI=1S/C23H23N5O3S/c1-14(29)20-21(16-8-10-32(30,31)11-9-16)27-23-18(13-26-28(23)22(20)24)17-6-7-19(25-12-17)15-4-2-3-5-15/h2,4-7,12-13,16H,3,8-11,24H2,1H3. The van der Waals surface area contributed by atoms with Crippen molar-refractivity contribution >= 4 is 32.7 Å². The molecule has 32 heavy (non-hydrogen) atoms. The molecular formula is C23H23N5O3S. The third kappa shape index (κ3) is 3.52. The average molecular weight is 450 g/mol. The van der Waals surface area contributed by atoms with Crippen molar-refractivity contribution in [3.63, 3.8) is 0 Å². The van der Waals surface area contributed by atoms with Crippen molar-refractivity contribution in [1.82, 2.24) is 19.6 Å². The van der Waals surface area contributed by atoms with Gasteiger partial charge in [-0.25, -0.2) is 13.4 Å². The number of sulfone groups is 1. The number of nitrogens with zero attached hydrogens (tertiary/aromatic N) is 4. The first kappa shape index (κ1) is 20.6. The molecule has 1 fully saturated rings. The normalized spacial score (nSPS) is 18.2. The molecule has 0 atom stereocenters. The van der Waals surface area contributed by atoms with Crippen LogP contribution in [0.4, 0.5) is 5.82 Å². The summed E-state index contributed by atoms with van der Waals surface area (Å²) in [4.78, 5) is 21.8. The zero-order chi connectivity index (χ0) is 22.5. The van der Waals surface area contributed by atoms with Gasteiger partial charge in [0, 0.05) is 23.2 Å². The van der Waals surface area contributed by atoms with Gasteiger partial charge in [0.25, 0.3) is 0 Å². The molecule has 0 unspecified atom stereocenters. The van der Waals surface area contributed by atoms with Crippen LogP contribution in [0.3, 0.4) is 0 Å². The maximum Gasteiger partial charge on any atom is 0.165 e. The Labute approximate surface area is 185 Å². The molecule has 1 aliphatic heterocycles. The summed E-state index contributed by atoms with van der Waals surface area (Å²) in [7, 11) is -3.04. The summed E-state index contributed by atoms with van der Waals surface area (Å²) in [6, 6.07) is 3.93. The minimum Gasteiger partial charge on any atom is -0.383 e. The number of carbonyl (C=O) groups excluding carboxylic acids is 1. The predicted molar refractivity (Wildman–Crippen MR) is 123 cm³/mol. The van der Waals surface area contributed by atoms with Crippen LogP contribution in [0.5, 0.6) is 0 Å². The van der Waals surface area contributed by atoms with E-state index in [-0.39, 0.29) is 29.0 Å². The third-order valence-electron chi connectivity index (χ3n) is 6.15. The number of aromatic nitrogens is 4. The number of hydrogen-bond donors (Lipinski definition) is 1. The number of allylic oxidation sites excluding steroid dienone is 4. The molecule has 0 saturated carbocycles. The van der Waals surface area contributed by atoms with E-state index in [0.29, 0.717) is 29.7 Å². The van der Waals surface area contributed by atoms with Crippen molar-refractivity contribution in [3.05, 3.63) is 59.7 Å². The van der Waals surface area contributed by atoms with Crippen LogP contribution in [0.25, 0.3) is 22.3 Å². The van der Waals surface area contributed by atoms with Gasteiger partial charge < -0.3 is 5.73 Å². The quantitative estimate of drug-likeness (QED) is 0.607. The van der Waals surface area contributed by atoms with Crippen molar-refractivity contribution in [2.24, 2.45) is 0 Å². The molecule has 2 aliphatic rings. The summed E-state index contributed by atoms with van der Waals surface area (Å²) >= 11 is 0. The van der Waals surface area contributed by atoms with E-state index in [1.165, 1.54) is 11.4 Å². The Morgan fingerprint density at radius 3 is 2.59 bits per heavy atom. The van der Waals surface area contributed by atoms with Gasteiger partial charge in [0.15, 0.2) is 11.4 Å². The van der Waals surface area contributed by atoms with Crippen molar-refractivity contribution < 1.29 is 13.2 Å². The zero-order valence-electron chi connectivity index (χ0n) is 17.7. The largest absolute Gasteiger partial charge is 0.383 e. The van der Waals surface area contributed by atoms with Crippen molar-refractivity contribution in [3.8, 4) is 11.1 Å². The van der Waals surface area contributed by atoms with Crippen molar-refractivity contribution in [1.29, 1.82) is 0 Å². The topological polar surface area (TPSA) is 120 Å². The Kier molecular flexibility index (Phi) is 4.93. The van der Waals surface area contributed by atoms with E-state index in [2.05, 4.69) is 28.3 Å². The van der Waals surface area contributed by atoms with E-state index < -0.39 is 9.84 Å². The summed E-state index contributed by atoms with van der Waals surface area (Å²) < 4.78 is 25.3.